The van der Waals surface area contributed by atoms with Crippen LogP contribution in [0.1, 0.15) is 19.4 Å². The Kier molecular flexibility index (Phi) is 4.45. The summed E-state index contributed by atoms with van der Waals surface area (Å²) in [6.07, 6.45) is 0. The molecule has 1 aromatic rings. The first-order valence-electron chi connectivity index (χ1n) is 4.63. The van der Waals surface area contributed by atoms with E-state index >= 15 is 0 Å². The number of hydrogen-bond acceptors (Lipinski definition) is 1. The molecular weight excluding hydrogens is 306 g/mol. The molecule has 3 heteroatoms. The molecule has 0 amide bonds. The highest BCUT2D eigenvalue weighted by atomic mass is 79.9. The van der Waals surface area contributed by atoms with E-state index in [1.807, 2.05) is 0 Å². The van der Waals surface area contributed by atoms with Gasteiger partial charge >= 0.3 is 0 Å². The first-order valence-corrected chi connectivity index (χ1v) is 6.55. The third-order valence-electron chi connectivity index (χ3n) is 2.32. The molecule has 0 aliphatic rings. The molecule has 0 fully saturated rings. The molecule has 1 rings (SSSR count). The predicted octanol–water partition coefficient (Wildman–Crippen LogP) is 4.19. The van der Waals surface area contributed by atoms with Crippen LogP contribution in [0.3, 0.4) is 0 Å². The molecule has 0 radical (unpaired) electrons. The normalized spacial score (nSPS) is 10.7. The van der Waals surface area contributed by atoms with Crippen molar-refractivity contribution in [3.05, 3.63) is 28.2 Å². The lowest BCUT2D eigenvalue weighted by atomic mass is 10.2. The summed E-state index contributed by atoms with van der Waals surface area (Å²) in [5.74, 6) is 0. The smallest absolute Gasteiger partial charge is 0.0510 e. The molecule has 0 aromatic heterocycles. The summed E-state index contributed by atoms with van der Waals surface area (Å²) in [5.41, 5.74) is 2.53. The zero-order valence-corrected chi connectivity index (χ0v) is 11.9. The number of anilines is 1. The molecule has 0 aliphatic carbocycles. The molecule has 1 nitrogen and oxygen atoms in total. The van der Waals surface area contributed by atoms with Crippen molar-refractivity contribution in [3.63, 3.8) is 0 Å². The predicted molar refractivity (Wildman–Crippen MR) is 70.3 cm³/mol. The molecule has 0 spiro atoms. The Morgan fingerprint density at radius 3 is 2.43 bits per heavy atom. The van der Waals surface area contributed by atoms with Gasteiger partial charge in [-0.15, -0.1) is 0 Å². The fourth-order valence-electron chi connectivity index (χ4n) is 1.20. The summed E-state index contributed by atoms with van der Waals surface area (Å²) in [6.45, 7) is 4.37. The monoisotopic (exact) mass is 319 g/mol. The van der Waals surface area contributed by atoms with Crippen molar-refractivity contribution in [2.75, 3.05) is 11.9 Å². The van der Waals surface area contributed by atoms with Crippen LogP contribution in [0.15, 0.2) is 22.7 Å². The van der Waals surface area contributed by atoms with Crippen LogP contribution in [0.25, 0.3) is 0 Å². The SMILES string of the molecule is CC(C)N(C)c1ccc(CBr)cc1Br. The first-order chi connectivity index (χ1) is 6.56. The van der Waals surface area contributed by atoms with Gasteiger partial charge in [0.1, 0.15) is 0 Å². The van der Waals surface area contributed by atoms with Gasteiger partial charge in [-0.3, -0.25) is 0 Å². The molecule has 0 saturated carbocycles. The Bertz CT molecular complexity index is 310. The van der Waals surface area contributed by atoms with Gasteiger partial charge in [0.05, 0.1) is 5.69 Å². The van der Waals surface area contributed by atoms with Crippen LogP contribution in [0, 0.1) is 0 Å². The van der Waals surface area contributed by atoms with Gasteiger partial charge in [0.25, 0.3) is 0 Å². The first kappa shape index (κ1) is 12.1. The van der Waals surface area contributed by atoms with Crippen LogP contribution in [-0.2, 0) is 5.33 Å². The Morgan fingerprint density at radius 2 is 2.00 bits per heavy atom. The van der Waals surface area contributed by atoms with Crippen molar-refractivity contribution in [2.24, 2.45) is 0 Å². The lowest BCUT2D eigenvalue weighted by Crippen LogP contribution is -2.25. The second kappa shape index (κ2) is 5.17. The van der Waals surface area contributed by atoms with Gasteiger partial charge in [-0.1, -0.05) is 22.0 Å². The van der Waals surface area contributed by atoms with Gasteiger partial charge in [0.2, 0.25) is 0 Å². The highest BCUT2D eigenvalue weighted by Gasteiger charge is 2.08. The molecule has 0 N–H and O–H groups in total. The zero-order valence-electron chi connectivity index (χ0n) is 8.72. The number of alkyl halides is 1. The van der Waals surface area contributed by atoms with E-state index in [-0.39, 0.29) is 0 Å². The molecular formula is C11H15Br2N. The van der Waals surface area contributed by atoms with Crippen molar-refractivity contribution in [1.82, 2.24) is 0 Å². The minimum Gasteiger partial charge on any atom is -0.371 e. The summed E-state index contributed by atoms with van der Waals surface area (Å²) in [4.78, 5) is 2.25. The summed E-state index contributed by atoms with van der Waals surface area (Å²) >= 11 is 7.04. The maximum atomic E-state index is 3.59. The minimum atomic E-state index is 0.515. The van der Waals surface area contributed by atoms with Gasteiger partial charge in [0, 0.05) is 22.9 Å². The Morgan fingerprint density at radius 1 is 1.36 bits per heavy atom. The fourth-order valence-corrected chi connectivity index (χ4v) is 2.25. The minimum absolute atomic E-state index is 0.515. The van der Waals surface area contributed by atoms with Crippen molar-refractivity contribution in [1.29, 1.82) is 0 Å². The quantitative estimate of drug-likeness (QED) is 0.755. The Balaban J connectivity index is 2.99. The van der Waals surface area contributed by atoms with Crippen LogP contribution in [0.2, 0.25) is 0 Å². The van der Waals surface area contributed by atoms with E-state index in [0.29, 0.717) is 6.04 Å². The molecule has 78 valence electrons. The maximum Gasteiger partial charge on any atom is 0.0510 e. The Labute approximate surface area is 103 Å². The van der Waals surface area contributed by atoms with Crippen molar-refractivity contribution in [2.45, 2.75) is 25.2 Å². The van der Waals surface area contributed by atoms with Crippen LogP contribution in [-0.4, -0.2) is 13.1 Å². The van der Waals surface area contributed by atoms with Gasteiger partial charge in [-0.2, -0.15) is 0 Å². The topological polar surface area (TPSA) is 3.24 Å². The number of nitrogens with zero attached hydrogens (tertiary/aromatic N) is 1. The van der Waals surface area contributed by atoms with Crippen LogP contribution in [0.4, 0.5) is 5.69 Å². The van der Waals surface area contributed by atoms with Gasteiger partial charge in [0.15, 0.2) is 0 Å². The average molecular weight is 321 g/mol. The van der Waals surface area contributed by atoms with Crippen molar-refractivity contribution < 1.29 is 0 Å². The van der Waals surface area contributed by atoms with E-state index in [1.165, 1.54) is 11.3 Å². The molecule has 0 atom stereocenters. The highest BCUT2D eigenvalue weighted by molar-refractivity contribution is 9.10. The molecule has 0 aliphatic heterocycles. The van der Waals surface area contributed by atoms with Crippen molar-refractivity contribution in [3.8, 4) is 0 Å². The van der Waals surface area contributed by atoms with E-state index in [2.05, 4.69) is 75.9 Å². The third-order valence-corrected chi connectivity index (χ3v) is 3.60. The van der Waals surface area contributed by atoms with E-state index < -0.39 is 0 Å². The number of hydrogen-bond donors (Lipinski definition) is 0. The molecule has 0 saturated heterocycles. The van der Waals surface area contributed by atoms with E-state index in [0.717, 1.165) is 9.80 Å². The molecule has 0 unspecified atom stereocenters. The lowest BCUT2D eigenvalue weighted by Gasteiger charge is -2.25. The standard InChI is InChI=1S/C11H15Br2N/c1-8(2)14(3)11-5-4-9(7-12)6-10(11)13/h4-6,8H,7H2,1-3H3. The van der Waals surface area contributed by atoms with Crippen LogP contribution in [0.5, 0.6) is 0 Å². The average Bonchev–Trinajstić information content (AvgIpc) is 2.16. The molecule has 14 heavy (non-hydrogen) atoms. The highest BCUT2D eigenvalue weighted by Crippen LogP contribution is 2.28. The summed E-state index contributed by atoms with van der Waals surface area (Å²) in [7, 11) is 2.11. The summed E-state index contributed by atoms with van der Waals surface area (Å²) < 4.78 is 1.16. The number of benzene rings is 1. The second-order valence-corrected chi connectivity index (χ2v) is 5.04. The summed E-state index contributed by atoms with van der Waals surface area (Å²) in [5, 5.41) is 0.900. The Hall–Kier alpha value is -0.0200. The summed E-state index contributed by atoms with van der Waals surface area (Å²) in [6, 6.07) is 6.97. The van der Waals surface area contributed by atoms with E-state index in [9.17, 15) is 0 Å². The van der Waals surface area contributed by atoms with Gasteiger partial charge in [-0.05, 0) is 47.5 Å². The second-order valence-electron chi connectivity index (χ2n) is 3.62. The van der Waals surface area contributed by atoms with Gasteiger partial charge in [-0.25, -0.2) is 0 Å². The van der Waals surface area contributed by atoms with Crippen molar-refractivity contribution >= 4 is 37.5 Å². The van der Waals surface area contributed by atoms with Crippen LogP contribution < -0.4 is 4.90 Å². The zero-order chi connectivity index (χ0) is 10.7. The number of rotatable bonds is 3. The molecule has 1 aromatic carbocycles. The van der Waals surface area contributed by atoms with Gasteiger partial charge < -0.3 is 4.90 Å². The largest absolute Gasteiger partial charge is 0.371 e. The van der Waals surface area contributed by atoms with E-state index in [4.69, 9.17) is 0 Å². The fraction of sp³-hybridized carbons (Fsp3) is 0.455. The number of halogens is 2. The van der Waals surface area contributed by atoms with E-state index in [1.54, 1.807) is 0 Å². The van der Waals surface area contributed by atoms with Crippen LogP contribution >= 0.6 is 31.9 Å². The third kappa shape index (κ3) is 2.74. The molecule has 0 heterocycles. The maximum absolute atomic E-state index is 3.59. The lowest BCUT2D eigenvalue weighted by molar-refractivity contribution is 0.753. The molecule has 0 bridgehead atoms.